The van der Waals surface area contributed by atoms with Crippen molar-refractivity contribution in [3.63, 3.8) is 0 Å². The molecule has 7 heteroatoms. The molecule has 7 nitrogen and oxygen atoms in total. The van der Waals surface area contributed by atoms with Crippen molar-refractivity contribution in [2.75, 3.05) is 4.90 Å². The topological polar surface area (TPSA) is 107 Å². The number of non-ortho nitro benzene ring substituents is 1. The summed E-state index contributed by atoms with van der Waals surface area (Å²) in [5.74, 6) is -0.930. The first-order valence-corrected chi connectivity index (χ1v) is 7.60. The van der Waals surface area contributed by atoms with Crippen molar-refractivity contribution in [1.29, 1.82) is 0 Å². The van der Waals surface area contributed by atoms with E-state index in [9.17, 15) is 19.7 Å². The highest BCUT2D eigenvalue weighted by atomic mass is 16.6. The highest BCUT2D eigenvalue weighted by Gasteiger charge is 2.36. The molecule has 0 radical (unpaired) electrons. The summed E-state index contributed by atoms with van der Waals surface area (Å²) in [6.07, 6.45) is 3.27. The van der Waals surface area contributed by atoms with E-state index in [-0.39, 0.29) is 11.6 Å². The molecule has 126 valence electrons. The molecule has 3 rings (SSSR count). The van der Waals surface area contributed by atoms with Crippen LogP contribution >= 0.6 is 0 Å². The Morgan fingerprint density at radius 2 is 1.84 bits per heavy atom. The molecule has 0 aliphatic carbocycles. The van der Waals surface area contributed by atoms with Crippen LogP contribution in [0.2, 0.25) is 0 Å². The molecule has 2 aromatic rings. The number of nitrogens with zero attached hydrogens (tertiary/aromatic N) is 2. The van der Waals surface area contributed by atoms with Gasteiger partial charge in [-0.2, -0.15) is 0 Å². The number of carbonyl (C=O) groups excluding carboxylic acids is 2. The van der Waals surface area contributed by atoms with Crippen molar-refractivity contribution in [2.24, 2.45) is 5.73 Å². The average molecular weight is 337 g/mol. The molecule has 0 bridgehead atoms. The van der Waals surface area contributed by atoms with Gasteiger partial charge in [0.25, 0.3) is 11.6 Å². The van der Waals surface area contributed by atoms with Crippen molar-refractivity contribution in [2.45, 2.75) is 12.5 Å². The standard InChI is InChI=1S/C18H15N3O4/c19-18(23)16-11-13-3-1-2-4-15(13)20(16)17(22)10-7-12-5-8-14(9-6-12)21(24)25/h1-10,16H,11H2,(H2,19,23)/b10-7-/t16-/m0/s1. The predicted molar refractivity (Wildman–Crippen MR) is 92.7 cm³/mol. The molecule has 1 atom stereocenters. The lowest BCUT2D eigenvalue weighted by molar-refractivity contribution is -0.384. The molecule has 0 saturated heterocycles. The van der Waals surface area contributed by atoms with E-state index in [1.54, 1.807) is 30.3 Å². The number of hydrogen-bond donors (Lipinski definition) is 1. The van der Waals surface area contributed by atoms with E-state index in [0.717, 1.165) is 5.56 Å². The van der Waals surface area contributed by atoms with Crippen LogP contribution in [-0.2, 0) is 16.0 Å². The normalized spacial score (nSPS) is 16.0. The molecule has 0 saturated carbocycles. The molecule has 25 heavy (non-hydrogen) atoms. The van der Waals surface area contributed by atoms with Gasteiger partial charge in [0.2, 0.25) is 5.91 Å². The Hall–Kier alpha value is -3.48. The largest absolute Gasteiger partial charge is 0.368 e. The zero-order valence-electron chi connectivity index (χ0n) is 13.2. The van der Waals surface area contributed by atoms with Crippen molar-refractivity contribution < 1.29 is 14.5 Å². The summed E-state index contributed by atoms with van der Waals surface area (Å²) in [6, 6.07) is 12.4. The molecule has 0 fully saturated rings. The average Bonchev–Trinajstić information content (AvgIpc) is 3.00. The number of fused-ring (bicyclic) bond motifs is 1. The summed E-state index contributed by atoms with van der Waals surface area (Å²) in [5, 5.41) is 10.7. The molecule has 2 amide bonds. The van der Waals surface area contributed by atoms with E-state index in [4.69, 9.17) is 5.73 Å². The second kappa shape index (κ2) is 6.56. The van der Waals surface area contributed by atoms with Crippen LogP contribution in [0.25, 0.3) is 6.08 Å². The van der Waals surface area contributed by atoms with Gasteiger partial charge in [0.15, 0.2) is 0 Å². The number of nitro benzene ring substituents is 1. The van der Waals surface area contributed by atoms with Crippen LogP contribution in [0.5, 0.6) is 0 Å². The summed E-state index contributed by atoms with van der Waals surface area (Å²) < 4.78 is 0. The van der Waals surface area contributed by atoms with Crippen LogP contribution in [0.1, 0.15) is 11.1 Å². The van der Waals surface area contributed by atoms with E-state index < -0.39 is 16.9 Å². The maximum atomic E-state index is 12.6. The molecule has 0 unspecified atom stereocenters. The molecular formula is C18H15N3O4. The Bertz CT molecular complexity index is 874. The van der Waals surface area contributed by atoms with Gasteiger partial charge in [-0.05, 0) is 35.4 Å². The summed E-state index contributed by atoms with van der Waals surface area (Å²) in [4.78, 5) is 35.8. The molecule has 1 aliphatic heterocycles. The molecule has 1 heterocycles. The van der Waals surface area contributed by atoms with Gasteiger partial charge in [0.1, 0.15) is 6.04 Å². The van der Waals surface area contributed by atoms with E-state index >= 15 is 0 Å². The number of anilines is 1. The summed E-state index contributed by atoms with van der Waals surface area (Å²) in [6.45, 7) is 0. The Kier molecular flexibility index (Phi) is 4.30. The van der Waals surface area contributed by atoms with Crippen molar-refractivity contribution in [3.8, 4) is 0 Å². The Morgan fingerprint density at radius 3 is 2.48 bits per heavy atom. The lowest BCUT2D eigenvalue weighted by atomic mass is 10.1. The molecule has 2 aromatic carbocycles. The zero-order chi connectivity index (χ0) is 18.0. The summed E-state index contributed by atoms with van der Waals surface area (Å²) >= 11 is 0. The van der Waals surface area contributed by atoms with Crippen LogP contribution < -0.4 is 10.6 Å². The van der Waals surface area contributed by atoms with Gasteiger partial charge >= 0.3 is 0 Å². The van der Waals surface area contributed by atoms with E-state index in [1.165, 1.54) is 23.1 Å². The van der Waals surface area contributed by atoms with Gasteiger partial charge in [0, 0.05) is 30.3 Å². The number of rotatable bonds is 4. The Morgan fingerprint density at radius 1 is 1.16 bits per heavy atom. The quantitative estimate of drug-likeness (QED) is 0.523. The number of primary amides is 1. The van der Waals surface area contributed by atoms with E-state index in [1.807, 2.05) is 12.1 Å². The van der Waals surface area contributed by atoms with Crippen LogP contribution in [0, 0.1) is 10.1 Å². The van der Waals surface area contributed by atoms with Gasteiger partial charge in [-0.1, -0.05) is 18.2 Å². The monoisotopic (exact) mass is 337 g/mol. The number of amides is 2. The van der Waals surface area contributed by atoms with Crippen LogP contribution in [0.4, 0.5) is 11.4 Å². The Labute approximate surface area is 143 Å². The Balaban J connectivity index is 1.83. The van der Waals surface area contributed by atoms with E-state index in [2.05, 4.69) is 0 Å². The number of para-hydroxylation sites is 1. The number of nitro groups is 1. The van der Waals surface area contributed by atoms with Gasteiger partial charge in [-0.3, -0.25) is 24.6 Å². The van der Waals surface area contributed by atoms with E-state index in [0.29, 0.717) is 17.7 Å². The lowest BCUT2D eigenvalue weighted by Crippen LogP contribution is -2.45. The van der Waals surface area contributed by atoms with Crippen molar-refractivity contribution >= 4 is 29.3 Å². The summed E-state index contributed by atoms with van der Waals surface area (Å²) in [5.41, 5.74) is 7.62. The highest BCUT2D eigenvalue weighted by molar-refractivity contribution is 6.09. The number of carbonyl (C=O) groups is 2. The highest BCUT2D eigenvalue weighted by Crippen LogP contribution is 2.32. The first-order chi connectivity index (χ1) is 12.0. The smallest absolute Gasteiger partial charge is 0.269 e. The molecule has 2 N–H and O–H groups in total. The van der Waals surface area contributed by atoms with Crippen LogP contribution in [0.15, 0.2) is 54.6 Å². The van der Waals surface area contributed by atoms with Gasteiger partial charge in [-0.25, -0.2) is 0 Å². The van der Waals surface area contributed by atoms with Crippen molar-refractivity contribution in [3.05, 3.63) is 75.8 Å². The summed E-state index contributed by atoms with van der Waals surface area (Å²) in [7, 11) is 0. The third-order valence-electron chi connectivity index (χ3n) is 4.06. The number of benzene rings is 2. The minimum Gasteiger partial charge on any atom is -0.368 e. The van der Waals surface area contributed by atoms with Crippen LogP contribution in [-0.4, -0.2) is 22.8 Å². The zero-order valence-corrected chi connectivity index (χ0v) is 13.2. The minimum absolute atomic E-state index is 0.0225. The molecule has 0 aromatic heterocycles. The lowest BCUT2D eigenvalue weighted by Gasteiger charge is -2.21. The second-order valence-electron chi connectivity index (χ2n) is 5.64. The third kappa shape index (κ3) is 3.25. The van der Waals surface area contributed by atoms with Gasteiger partial charge < -0.3 is 5.73 Å². The fraction of sp³-hybridized carbons (Fsp3) is 0.111. The van der Waals surface area contributed by atoms with Gasteiger partial charge in [-0.15, -0.1) is 0 Å². The first kappa shape index (κ1) is 16.4. The third-order valence-corrected chi connectivity index (χ3v) is 4.06. The predicted octanol–water partition coefficient (Wildman–Crippen LogP) is 2.05. The number of nitrogens with two attached hydrogens (primary N) is 1. The van der Waals surface area contributed by atoms with Crippen molar-refractivity contribution in [1.82, 2.24) is 0 Å². The minimum atomic E-state index is -0.716. The van der Waals surface area contributed by atoms with Crippen LogP contribution in [0.3, 0.4) is 0 Å². The van der Waals surface area contributed by atoms with Gasteiger partial charge in [0.05, 0.1) is 4.92 Å². The second-order valence-corrected chi connectivity index (χ2v) is 5.64. The molecular weight excluding hydrogens is 322 g/mol. The SMILES string of the molecule is NC(=O)[C@@H]1Cc2ccccc2N1C(=O)/C=C\c1ccc([N+](=O)[O-])cc1. The molecule has 0 spiro atoms. The fourth-order valence-corrected chi connectivity index (χ4v) is 2.84. The fourth-order valence-electron chi connectivity index (χ4n) is 2.84. The maximum Gasteiger partial charge on any atom is 0.269 e. The number of hydrogen-bond acceptors (Lipinski definition) is 4. The maximum absolute atomic E-state index is 12.6. The molecule has 1 aliphatic rings. The first-order valence-electron chi connectivity index (χ1n) is 7.60.